The van der Waals surface area contributed by atoms with Crippen LogP contribution in [-0.4, -0.2) is 18.8 Å². The Bertz CT molecular complexity index is 596. The van der Waals surface area contributed by atoms with Crippen LogP contribution in [0, 0.1) is 0 Å². The predicted octanol–water partition coefficient (Wildman–Crippen LogP) is 4.45. The molecule has 110 valence electrons. The molecule has 3 nitrogen and oxygen atoms in total. The van der Waals surface area contributed by atoms with E-state index in [4.69, 9.17) is 4.74 Å². The first-order valence-electron chi connectivity index (χ1n) is 6.91. The third kappa shape index (κ3) is 4.53. The molecule has 0 spiro atoms. The second-order valence-corrected chi connectivity index (χ2v) is 5.44. The van der Waals surface area contributed by atoms with Crippen molar-refractivity contribution in [3.05, 3.63) is 54.1 Å². The second-order valence-electron chi connectivity index (χ2n) is 4.56. The maximum absolute atomic E-state index is 12.2. The number of amides is 1. The van der Waals surface area contributed by atoms with Crippen molar-refractivity contribution >= 4 is 23.4 Å². The zero-order valence-electron chi connectivity index (χ0n) is 12.3. The van der Waals surface area contributed by atoms with Crippen LogP contribution in [0.4, 0.5) is 5.69 Å². The molecule has 0 aliphatic heterocycles. The highest BCUT2D eigenvalue weighted by Gasteiger charge is 2.06. The number of carbonyl (C=O) groups is 1. The fourth-order valence-electron chi connectivity index (χ4n) is 1.83. The summed E-state index contributed by atoms with van der Waals surface area (Å²) in [7, 11) is 0. The quantitative estimate of drug-likeness (QED) is 0.801. The van der Waals surface area contributed by atoms with E-state index < -0.39 is 0 Å². The van der Waals surface area contributed by atoms with Crippen molar-refractivity contribution in [3.63, 3.8) is 0 Å². The molecule has 1 N–H and O–H groups in total. The van der Waals surface area contributed by atoms with Gasteiger partial charge in [-0.15, -0.1) is 11.8 Å². The molecule has 0 radical (unpaired) electrons. The zero-order valence-corrected chi connectivity index (χ0v) is 13.1. The molecule has 0 fully saturated rings. The van der Waals surface area contributed by atoms with Gasteiger partial charge >= 0.3 is 0 Å². The fourth-order valence-corrected chi connectivity index (χ4v) is 2.29. The van der Waals surface area contributed by atoms with Gasteiger partial charge in [-0.3, -0.25) is 4.79 Å². The molecular weight excluding hydrogens is 282 g/mol. The minimum atomic E-state index is -0.115. The molecule has 0 heterocycles. The maximum Gasteiger partial charge on any atom is 0.255 e. The molecule has 0 saturated carbocycles. The maximum atomic E-state index is 12.2. The molecule has 2 rings (SSSR count). The minimum absolute atomic E-state index is 0.115. The fraction of sp³-hybridized carbons (Fsp3) is 0.235. The van der Waals surface area contributed by atoms with E-state index in [0.29, 0.717) is 12.2 Å². The Hall–Kier alpha value is -1.94. The average molecular weight is 301 g/mol. The van der Waals surface area contributed by atoms with E-state index in [2.05, 4.69) is 12.2 Å². The molecular formula is C17H19NO2S. The Morgan fingerprint density at radius 2 is 1.95 bits per heavy atom. The summed E-state index contributed by atoms with van der Waals surface area (Å²) in [5.74, 6) is 0.674. The van der Waals surface area contributed by atoms with E-state index in [9.17, 15) is 4.79 Å². The predicted molar refractivity (Wildman–Crippen MR) is 88.4 cm³/mol. The number of anilines is 1. The molecule has 0 aliphatic rings. The molecule has 0 aliphatic carbocycles. The van der Waals surface area contributed by atoms with Crippen LogP contribution in [0.25, 0.3) is 0 Å². The minimum Gasteiger partial charge on any atom is -0.494 e. The Labute approximate surface area is 129 Å². The van der Waals surface area contributed by atoms with Crippen molar-refractivity contribution in [1.29, 1.82) is 0 Å². The number of nitrogens with one attached hydrogen (secondary N) is 1. The molecule has 0 bridgehead atoms. The van der Waals surface area contributed by atoms with Crippen molar-refractivity contribution in [3.8, 4) is 5.75 Å². The lowest BCUT2D eigenvalue weighted by molar-refractivity contribution is 0.102. The first kappa shape index (κ1) is 15.4. The highest BCUT2D eigenvalue weighted by Crippen LogP contribution is 2.20. The number of rotatable bonds is 6. The third-order valence-electron chi connectivity index (χ3n) is 2.92. The number of benzene rings is 2. The topological polar surface area (TPSA) is 38.3 Å². The number of thioether (sulfide) groups is 1. The standard InChI is InChI=1S/C17H19NO2S/c1-3-11-20-15-9-7-13(8-10-15)17(19)18-14-5-4-6-16(12-14)21-2/h4-10,12H,3,11H2,1-2H3,(H,18,19). The summed E-state index contributed by atoms with van der Waals surface area (Å²) in [4.78, 5) is 13.3. The molecule has 4 heteroatoms. The normalized spacial score (nSPS) is 10.2. The van der Waals surface area contributed by atoms with Gasteiger partial charge in [-0.05, 0) is 55.1 Å². The van der Waals surface area contributed by atoms with Gasteiger partial charge in [-0.25, -0.2) is 0 Å². The van der Waals surface area contributed by atoms with Crippen molar-refractivity contribution in [2.75, 3.05) is 18.2 Å². The van der Waals surface area contributed by atoms with E-state index in [1.54, 1.807) is 23.9 Å². The lowest BCUT2D eigenvalue weighted by Gasteiger charge is -2.08. The van der Waals surface area contributed by atoms with Crippen LogP contribution >= 0.6 is 11.8 Å². The first-order valence-corrected chi connectivity index (χ1v) is 8.13. The second kappa shape index (κ2) is 7.74. The summed E-state index contributed by atoms with van der Waals surface area (Å²) >= 11 is 1.65. The van der Waals surface area contributed by atoms with Gasteiger partial charge in [-0.2, -0.15) is 0 Å². The Kier molecular flexibility index (Phi) is 5.69. The Balaban J connectivity index is 2.02. The zero-order chi connectivity index (χ0) is 15.1. The van der Waals surface area contributed by atoms with Gasteiger partial charge in [0.1, 0.15) is 5.75 Å². The van der Waals surface area contributed by atoms with E-state index in [1.165, 1.54) is 0 Å². The summed E-state index contributed by atoms with van der Waals surface area (Å²) in [6.45, 7) is 2.75. The summed E-state index contributed by atoms with van der Waals surface area (Å²) in [6, 6.07) is 15.0. The SMILES string of the molecule is CCCOc1ccc(C(=O)Nc2cccc(SC)c2)cc1. The summed E-state index contributed by atoms with van der Waals surface area (Å²) < 4.78 is 5.50. The highest BCUT2D eigenvalue weighted by atomic mass is 32.2. The van der Waals surface area contributed by atoms with Crippen molar-refractivity contribution in [2.24, 2.45) is 0 Å². The van der Waals surface area contributed by atoms with Gasteiger partial charge < -0.3 is 10.1 Å². The summed E-state index contributed by atoms with van der Waals surface area (Å²) in [6.07, 6.45) is 2.98. The van der Waals surface area contributed by atoms with Gasteiger partial charge in [0, 0.05) is 16.1 Å². The summed E-state index contributed by atoms with van der Waals surface area (Å²) in [5, 5.41) is 2.90. The molecule has 0 atom stereocenters. The van der Waals surface area contributed by atoms with Crippen LogP contribution in [0.1, 0.15) is 23.7 Å². The molecule has 2 aromatic rings. The van der Waals surface area contributed by atoms with Gasteiger partial charge in [0.25, 0.3) is 5.91 Å². The molecule has 0 saturated heterocycles. The largest absolute Gasteiger partial charge is 0.494 e. The van der Waals surface area contributed by atoms with Gasteiger partial charge in [0.05, 0.1) is 6.61 Å². The van der Waals surface area contributed by atoms with Gasteiger partial charge in [0.2, 0.25) is 0 Å². The lowest BCUT2D eigenvalue weighted by Crippen LogP contribution is -2.11. The molecule has 1 amide bonds. The smallest absolute Gasteiger partial charge is 0.255 e. The van der Waals surface area contributed by atoms with Crippen molar-refractivity contribution < 1.29 is 9.53 Å². The lowest BCUT2D eigenvalue weighted by atomic mass is 10.2. The van der Waals surface area contributed by atoms with E-state index in [-0.39, 0.29) is 5.91 Å². The van der Waals surface area contributed by atoms with Gasteiger partial charge in [0.15, 0.2) is 0 Å². The number of hydrogen-bond donors (Lipinski definition) is 1. The van der Waals surface area contributed by atoms with Crippen molar-refractivity contribution in [1.82, 2.24) is 0 Å². The Morgan fingerprint density at radius 1 is 1.19 bits per heavy atom. The van der Waals surface area contributed by atoms with Crippen LogP contribution in [0.2, 0.25) is 0 Å². The number of hydrogen-bond acceptors (Lipinski definition) is 3. The van der Waals surface area contributed by atoms with Crippen LogP contribution in [-0.2, 0) is 0 Å². The average Bonchev–Trinajstić information content (AvgIpc) is 2.53. The molecule has 21 heavy (non-hydrogen) atoms. The number of carbonyl (C=O) groups excluding carboxylic acids is 1. The van der Waals surface area contributed by atoms with E-state index in [1.807, 2.05) is 42.7 Å². The van der Waals surface area contributed by atoms with Crippen LogP contribution in [0.3, 0.4) is 0 Å². The highest BCUT2D eigenvalue weighted by molar-refractivity contribution is 7.98. The monoisotopic (exact) mass is 301 g/mol. The van der Waals surface area contributed by atoms with E-state index >= 15 is 0 Å². The number of ether oxygens (including phenoxy) is 1. The molecule has 0 unspecified atom stereocenters. The molecule has 2 aromatic carbocycles. The third-order valence-corrected chi connectivity index (χ3v) is 3.64. The van der Waals surface area contributed by atoms with E-state index in [0.717, 1.165) is 22.8 Å². The first-order chi connectivity index (χ1) is 10.2. The summed E-state index contributed by atoms with van der Waals surface area (Å²) in [5.41, 5.74) is 1.42. The van der Waals surface area contributed by atoms with Crippen LogP contribution < -0.4 is 10.1 Å². The Morgan fingerprint density at radius 3 is 2.62 bits per heavy atom. The van der Waals surface area contributed by atoms with Crippen LogP contribution in [0.15, 0.2) is 53.4 Å². The van der Waals surface area contributed by atoms with Crippen molar-refractivity contribution in [2.45, 2.75) is 18.2 Å². The molecule has 0 aromatic heterocycles. The van der Waals surface area contributed by atoms with Crippen LogP contribution in [0.5, 0.6) is 5.75 Å². The van der Waals surface area contributed by atoms with Gasteiger partial charge in [-0.1, -0.05) is 13.0 Å².